The summed E-state index contributed by atoms with van der Waals surface area (Å²) in [5.74, 6) is 2.59. The van der Waals surface area contributed by atoms with Crippen LogP contribution in [0.15, 0.2) is 58.0 Å². The zero-order valence-corrected chi connectivity index (χ0v) is 17.9. The van der Waals surface area contributed by atoms with E-state index in [1.165, 1.54) is 0 Å². The minimum atomic E-state index is -0.423. The van der Waals surface area contributed by atoms with E-state index in [-0.39, 0.29) is 12.5 Å². The maximum absolute atomic E-state index is 12.6. The summed E-state index contributed by atoms with van der Waals surface area (Å²) >= 11 is 3.39. The van der Waals surface area contributed by atoms with Crippen molar-refractivity contribution in [1.29, 1.82) is 0 Å². The Bertz CT molecular complexity index is 1070. The molecular weight excluding hydrogens is 422 g/mol. The number of aromatic nitrogens is 2. The van der Waals surface area contributed by atoms with Gasteiger partial charge in [-0.2, -0.15) is 4.98 Å². The predicted molar refractivity (Wildman–Crippen MR) is 118 cm³/mol. The van der Waals surface area contributed by atoms with Gasteiger partial charge in [0.05, 0.1) is 19.2 Å². The van der Waals surface area contributed by atoms with Crippen molar-refractivity contribution in [2.45, 2.75) is 12.4 Å². The van der Waals surface area contributed by atoms with Gasteiger partial charge in [-0.25, -0.2) is 4.79 Å². The summed E-state index contributed by atoms with van der Waals surface area (Å²) in [5.41, 5.74) is 2.19. The van der Waals surface area contributed by atoms with Crippen molar-refractivity contribution < 1.29 is 18.8 Å². The summed E-state index contributed by atoms with van der Waals surface area (Å²) in [5, 5.41) is 3.95. The van der Waals surface area contributed by atoms with Crippen LogP contribution in [-0.4, -0.2) is 39.9 Å². The molecule has 7 nitrogen and oxygen atoms in total. The fraction of sp³-hybridized carbons (Fsp3) is 0.238. The number of carbonyl (C=O) groups excluding carboxylic acids is 1. The summed E-state index contributed by atoms with van der Waals surface area (Å²) in [6, 6.07) is 14.8. The molecule has 2 aromatic carbocycles. The van der Waals surface area contributed by atoms with Gasteiger partial charge in [-0.1, -0.05) is 59.0 Å². The van der Waals surface area contributed by atoms with Crippen LogP contribution in [0.4, 0.5) is 0 Å². The van der Waals surface area contributed by atoms with Crippen LogP contribution in [-0.2, 0) is 17.1 Å². The lowest BCUT2D eigenvalue weighted by molar-refractivity contribution is 0.0429. The number of aliphatic imine (C=N–C) groups is 1. The number of esters is 1. The number of nitrogens with zero attached hydrogens (tertiary/aromatic N) is 3. The summed E-state index contributed by atoms with van der Waals surface area (Å²) < 4.78 is 16.9. The molecule has 1 aromatic heterocycles. The normalized spacial score (nSPS) is 13.2. The van der Waals surface area contributed by atoms with E-state index >= 15 is 0 Å². The lowest BCUT2D eigenvalue weighted by atomic mass is 10.1. The van der Waals surface area contributed by atoms with E-state index in [0.29, 0.717) is 22.9 Å². The molecule has 0 unspecified atom stereocenters. The van der Waals surface area contributed by atoms with Gasteiger partial charge in [0.25, 0.3) is 5.89 Å². The molecule has 0 fully saturated rings. The Labute approximate surface area is 182 Å². The highest BCUT2D eigenvalue weighted by molar-refractivity contribution is 8.38. The average Bonchev–Trinajstić information content (AvgIpc) is 3.48. The molecule has 0 spiro atoms. The maximum Gasteiger partial charge on any atom is 0.338 e. The molecule has 2 heterocycles. The molecule has 0 saturated carbocycles. The van der Waals surface area contributed by atoms with Gasteiger partial charge in [-0.05, 0) is 23.8 Å². The van der Waals surface area contributed by atoms with E-state index in [4.69, 9.17) is 14.0 Å². The smallest absolute Gasteiger partial charge is 0.338 e. The Balaban J connectivity index is 1.39. The molecule has 30 heavy (non-hydrogen) atoms. The third-order valence-electron chi connectivity index (χ3n) is 4.27. The number of methoxy groups -OCH3 is 1. The molecule has 0 amide bonds. The summed E-state index contributed by atoms with van der Waals surface area (Å²) in [4.78, 5) is 21.4. The fourth-order valence-electron chi connectivity index (χ4n) is 2.79. The molecule has 3 aromatic rings. The number of hydrogen-bond donors (Lipinski definition) is 0. The Morgan fingerprint density at radius 2 is 2.13 bits per heavy atom. The molecule has 0 radical (unpaired) electrons. The minimum Gasteiger partial charge on any atom is -0.497 e. The molecule has 154 valence electrons. The third-order valence-corrected chi connectivity index (χ3v) is 6.57. The van der Waals surface area contributed by atoms with Gasteiger partial charge in [-0.3, -0.25) is 4.99 Å². The van der Waals surface area contributed by atoms with Crippen molar-refractivity contribution >= 4 is 33.9 Å². The number of hydrogen-bond acceptors (Lipinski definition) is 9. The van der Waals surface area contributed by atoms with Gasteiger partial charge in [0.1, 0.15) is 10.1 Å². The van der Waals surface area contributed by atoms with Crippen molar-refractivity contribution in [3.8, 4) is 17.1 Å². The second-order valence-corrected chi connectivity index (χ2v) is 8.57. The predicted octanol–water partition coefficient (Wildman–Crippen LogP) is 4.44. The quantitative estimate of drug-likeness (QED) is 0.498. The standard InChI is InChI=1S/C21H19N3O4S2/c1-26-16-7-4-6-14(11-16)19-23-18(28-24-19)12-27-20(25)17-8-3-2-5-15(17)13-30-21-22-9-10-29-21/h2-8,11H,9-10,12-13H2,1H3. The van der Waals surface area contributed by atoms with Crippen LogP contribution in [0.1, 0.15) is 21.8 Å². The third kappa shape index (κ3) is 5.03. The molecule has 0 saturated heterocycles. The first kappa shape index (κ1) is 20.5. The van der Waals surface area contributed by atoms with Crippen LogP contribution in [0.3, 0.4) is 0 Å². The lowest BCUT2D eigenvalue weighted by Gasteiger charge is -2.08. The van der Waals surface area contributed by atoms with E-state index in [9.17, 15) is 4.79 Å². The zero-order chi connectivity index (χ0) is 20.8. The molecule has 4 rings (SSSR count). The molecule has 0 N–H and O–H groups in total. The second-order valence-electron chi connectivity index (χ2n) is 6.26. The van der Waals surface area contributed by atoms with Crippen LogP contribution in [0.2, 0.25) is 0 Å². The summed E-state index contributed by atoms with van der Waals surface area (Å²) in [6.07, 6.45) is 0. The molecular formula is C21H19N3O4S2. The Hall–Kier alpha value is -2.78. The Kier molecular flexibility index (Phi) is 6.70. The van der Waals surface area contributed by atoms with E-state index in [1.54, 1.807) is 36.7 Å². The number of ether oxygens (including phenoxy) is 2. The fourth-order valence-corrected chi connectivity index (χ4v) is 4.80. The number of benzene rings is 2. The van der Waals surface area contributed by atoms with Gasteiger partial charge in [0, 0.05) is 17.1 Å². The largest absolute Gasteiger partial charge is 0.497 e. The van der Waals surface area contributed by atoms with E-state index in [2.05, 4.69) is 15.1 Å². The van der Waals surface area contributed by atoms with Gasteiger partial charge in [0.2, 0.25) is 5.82 Å². The SMILES string of the molecule is COc1cccc(-c2noc(COC(=O)c3ccccc3CSC3=NCCS3)n2)c1. The van der Waals surface area contributed by atoms with Crippen LogP contribution < -0.4 is 4.74 Å². The van der Waals surface area contributed by atoms with Crippen LogP contribution in [0.5, 0.6) is 5.75 Å². The van der Waals surface area contributed by atoms with E-state index in [1.807, 2.05) is 42.5 Å². The number of rotatable bonds is 7. The summed E-state index contributed by atoms with van der Waals surface area (Å²) in [7, 11) is 1.59. The monoisotopic (exact) mass is 441 g/mol. The highest BCUT2D eigenvalue weighted by atomic mass is 32.2. The highest BCUT2D eigenvalue weighted by Crippen LogP contribution is 2.27. The number of thioether (sulfide) groups is 2. The number of carbonyl (C=O) groups is 1. The molecule has 9 heteroatoms. The highest BCUT2D eigenvalue weighted by Gasteiger charge is 2.17. The van der Waals surface area contributed by atoms with Crippen molar-refractivity contribution in [1.82, 2.24) is 10.1 Å². The lowest BCUT2D eigenvalue weighted by Crippen LogP contribution is -2.08. The molecule has 1 aliphatic heterocycles. The molecule has 0 atom stereocenters. The Morgan fingerprint density at radius 1 is 1.23 bits per heavy atom. The topological polar surface area (TPSA) is 86.8 Å². The first-order valence-corrected chi connectivity index (χ1v) is 11.2. The average molecular weight is 442 g/mol. The van der Waals surface area contributed by atoms with Crippen molar-refractivity contribution in [3.63, 3.8) is 0 Å². The van der Waals surface area contributed by atoms with Gasteiger partial charge < -0.3 is 14.0 Å². The summed E-state index contributed by atoms with van der Waals surface area (Å²) in [6.45, 7) is 0.762. The Morgan fingerprint density at radius 3 is 2.97 bits per heavy atom. The van der Waals surface area contributed by atoms with E-state index in [0.717, 1.165) is 27.8 Å². The minimum absolute atomic E-state index is 0.0974. The van der Waals surface area contributed by atoms with Crippen molar-refractivity contribution in [2.75, 3.05) is 19.4 Å². The molecule has 0 bridgehead atoms. The maximum atomic E-state index is 12.6. The molecule has 1 aliphatic rings. The first-order chi connectivity index (χ1) is 14.7. The van der Waals surface area contributed by atoms with Crippen molar-refractivity contribution in [3.05, 3.63) is 65.5 Å². The first-order valence-electron chi connectivity index (χ1n) is 9.25. The van der Waals surface area contributed by atoms with Crippen LogP contribution >= 0.6 is 23.5 Å². The van der Waals surface area contributed by atoms with Crippen molar-refractivity contribution in [2.24, 2.45) is 4.99 Å². The van der Waals surface area contributed by atoms with Crippen LogP contribution in [0, 0.1) is 0 Å². The van der Waals surface area contributed by atoms with Gasteiger partial charge in [-0.15, -0.1) is 0 Å². The second kappa shape index (κ2) is 9.82. The van der Waals surface area contributed by atoms with Crippen LogP contribution in [0.25, 0.3) is 11.4 Å². The van der Waals surface area contributed by atoms with Gasteiger partial charge >= 0.3 is 5.97 Å². The molecule has 0 aliphatic carbocycles. The van der Waals surface area contributed by atoms with Gasteiger partial charge in [0.15, 0.2) is 6.61 Å². The van der Waals surface area contributed by atoms with E-state index < -0.39 is 5.97 Å². The zero-order valence-electron chi connectivity index (χ0n) is 16.2.